The number of rotatable bonds is 1. The van der Waals surface area contributed by atoms with Gasteiger partial charge in [0.25, 0.3) is 0 Å². The van der Waals surface area contributed by atoms with Gasteiger partial charge in [-0.25, -0.2) is 0 Å². The van der Waals surface area contributed by atoms with Crippen molar-refractivity contribution < 1.29 is 18.0 Å². The predicted octanol–water partition coefficient (Wildman–Crippen LogP) is 2.46. The van der Waals surface area contributed by atoms with Crippen LogP contribution in [0, 0.1) is 0 Å². The Morgan fingerprint density at radius 2 is 1.93 bits per heavy atom. The molecule has 1 atom stereocenters. The van der Waals surface area contributed by atoms with Crippen LogP contribution in [0.25, 0.3) is 0 Å². The fraction of sp³-hybridized carbons (Fsp3) is 0.400. The van der Waals surface area contributed by atoms with Crippen LogP contribution >= 0.6 is 0 Å². The van der Waals surface area contributed by atoms with Crippen molar-refractivity contribution in [1.29, 1.82) is 0 Å². The van der Waals surface area contributed by atoms with Gasteiger partial charge in [-0.3, -0.25) is 4.84 Å². The molecule has 0 aromatic heterocycles. The number of benzene rings is 1. The Morgan fingerprint density at radius 1 is 1.33 bits per heavy atom. The standard InChI is InChI=1S/C10H10F3NO/c1-9(6-15-14-9)7-4-2-3-5-8(7)10(11,12)13/h2-5,14H,6H2,1H3. The second-order valence-electron chi connectivity index (χ2n) is 3.77. The van der Waals surface area contributed by atoms with E-state index in [1.807, 2.05) is 0 Å². The number of hydroxylamine groups is 1. The molecule has 1 aromatic carbocycles. The van der Waals surface area contributed by atoms with Gasteiger partial charge in [-0.2, -0.15) is 18.7 Å². The van der Waals surface area contributed by atoms with Crippen LogP contribution in [0.4, 0.5) is 13.2 Å². The predicted molar refractivity (Wildman–Crippen MR) is 47.9 cm³/mol. The van der Waals surface area contributed by atoms with Gasteiger partial charge < -0.3 is 0 Å². The van der Waals surface area contributed by atoms with E-state index in [0.29, 0.717) is 0 Å². The summed E-state index contributed by atoms with van der Waals surface area (Å²) < 4.78 is 38.0. The van der Waals surface area contributed by atoms with Crippen LogP contribution in [0.5, 0.6) is 0 Å². The first-order valence-corrected chi connectivity index (χ1v) is 4.49. The van der Waals surface area contributed by atoms with Crippen molar-refractivity contribution in [1.82, 2.24) is 5.48 Å². The Bertz CT molecular complexity index is 371. The molecule has 0 bridgehead atoms. The molecule has 1 saturated heterocycles. The van der Waals surface area contributed by atoms with Crippen LogP contribution in [-0.4, -0.2) is 6.61 Å². The molecular formula is C10H10F3NO. The van der Waals surface area contributed by atoms with E-state index in [9.17, 15) is 13.2 Å². The highest BCUT2D eigenvalue weighted by atomic mass is 19.4. The lowest BCUT2D eigenvalue weighted by atomic mass is 9.88. The second-order valence-corrected chi connectivity index (χ2v) is 3.77. The highest BCUT2D eigenvalue weighted by molar-refractivity contribution is 5.36. The van der Waals surface area contributed by atoms with E-state index in [4.69, 9.17) is 4.84 Å². The molecule has 82 valence electrons. The molecule has 0 radical (unpaired) electrons. The first kappa shape index (κ1) is 10.4. The summed E-state index contributed by atoms with van der Waals surface area (Å²) in [4.78, 5) is 4.74. The number of hydrogen-bond donors (Lipinski definition) is 1. The van der Waals surface area contributed by atoms with Gasteiger partial charge in [-0.1, -0.05) is 18.2 Å². The summed E-state index contributed by atoms with van der Waals surface area (Å²) in [6, 6.07) is 5.53. The highest BCUT2D eigenvalue weighted by Crippen LogP contribution is 2.38. The summed E-state index contributed by atoms with van der Waals surface area (Å²) in [5.41, 5.74) is 1.44. The quantitative estimate of drug-likeness (QED) is 0.780. The lowest BCUT2D eigenvalue weighted by Gasteiger charge is -2.40. The van der Waals surface area contributed by atoms with Crippen molar-refractivity contribution in [3.05, 3.63) is 35.4 Å². The molecule has 2 nitrogen and oxygen atoms in total. The SMILES string of the molecule is CC1(c2ccccc2C(F)(F)F)CON1. The van der Waals surface area contributed by atoms with Crippen molar-refractivity contribution in [2.75, 3.05) is 6.61 Å². The van der Waals surface area contributed by atoms with Gasteiger partial charge in [0.2, 0.25) is 0 Å². The number of alkyl halides is 3. The molecule has 0 amide bonds. The van der Waals surface area contributed by atoms with Gasteiger partial charge in [-0.15, -0.1) is 0 Å². The van der Waals surface area contributed by atoms with Crippen molar-refractivity contribution in [2.24, 2.45) is 0 Å². The summed E-state index contributed by atoms with van der Waals surface area (Å²) in [7, 11) is 0. The van der Waals surface area contributed by atoms with E-state index >= 15 is 0 Å². The molecule has 1 unspecified atom stereocenters. The van der Waals surface area contributed by atoms with E-state index in [2.05, 4.69) is 5.48 Å². The molecule has 1 aliphatic rings. The third kappa shape index (κ3) is 1.72. The lowest BCUT2D eigenvalue weighted by Crippen LogP contribution is -2.55. The zero-order valence-corrected chi connectivity index (χ0v) is 8.06. The molecule has 2 rings (SSSR count). The first-order valence-electron chi connectivity index (χ1n) is 4.49. The Balaban J connectivity index is 2.47. The highest BCUT2D eigenvalue weighted by Gasteiger charge is 2.43. The van der Waals surface area contributed by atoms with Gasteiger partial charge in [0.1, 0.15) is 0 Å². The zero-order valence-electron chi connectivity index (χ0n) is 8.06. The monoisotopic (exact) mass is 217 g/mol. The minimum Gasteiger partial charge on any atom is -0.298 e. The average molecular weight is 217 g/mol. The minimum atomic E-state index is -4.32. The minimum absolute atomic E-state index is 0.226. The largest absolute Gasteiger partial charge is 0.416 e. The van der Waals surface area contributed by atoms with Crippen LogP contribution in [-0.2, 0) is 16.6 Å². The number of nitrogens with one attached hydrogen (secondary N) is 1. The van der Waals surface area contributed by atoms with E-state index in [0.717, 1.165) is 6.07 Å². The molecule has 1 heterocycles. The molecule has 1 aromatic rings. The molecule has 1 N–H and O–H groups in total. The van der Waals surface area contributed by atoms with Crippen LogP contribution < -0.4 is 5.48 Å². The van der Waals surface area contributed by atoms with Gasteiger partial charge in [0.05, 0.1) is 17.7 Å². The fourth-order valence-corrected chi connectivity index (χ4v) is 1.63. The van der Waals surface area contributed by atoms with Crippen molar-refractivity contribution in [2.45, 2.75) is 18.6 Å². The van der Waals surface area contributed by atoms with Crippen molar-refractivity contribution in [3.63, 3.8) is 0 Å². The number of hydrogen-bond acceptors (Lipinski definition) is 2. The van der Waals surface area contributed by atoms with E-state index in [1.54, 1.807) is 13.0 Å². The van der Waals surface area contributed by atoms with Gasteiger partial charge in [0.15, 0.2) is 0 Å². The fourth-order valence-electron chi connectivity index (χ4n) is 1.63. The molecule has 0 saturated carbocycles. The molecule has 1 aliphatic heterocycles. The van der Waals surface area contributed by atoms with E-state index < -0.39 is 17.3 Å². The normalized spacial score (nSPS) is 26.1. The Morgan fingerprint density at radius 3 is 2.40 bits per heavy atom. The third-order valence-electron chi connectivity index (χ3n) is 2.49. The summed E-state index contributed by atoms with van der Waals surface area (Å²) in [6.07, 6.45) is -4.32. The van der Waals surface area contributed by atoms with Crippen molar-refractivity contribution in [3.8, 4) is 0 Å². The molecular weight excluding hydrogens is 207 g/mol. The Kier molecular flexibility index (Phi) is 2.24. The van der Waals surface area contributed by atoms with Crippen LogP contribution in [0.15, 0.2) is 24.3 Å². The van der Waals surface area contributed by atoms with Crippen LogP contribution in [0.3, 0.4) is 0 Å². The maximum absolute atomic E-state index is 12.7. The maximum Gasteiger partial charge on any atom is 0.416 e. The number of halogens is 3. The Hall–Kier alpha value is -1.07. The zero-order chi connectivity index (χ0) is 11.1. The summed E-state index contributed by atoms with van der Waals surface area (Å²) in [6.45, 7) is 1.93. The molecule has 5 heteroatoms. The van der Waals surface area contributed by atoms with Gasteiger partial charge >= 0.3 is 6.18 Å². The summed E-state index contributed by atoms with van der Waals surface area (Å²) in [5.74, 6) is 0. The summed E-state index contributed by atoms with van der Waals surface area (Å²) >= 11 is 0. The van der Waals surface area contributed by atoms with Crippen LogP contribution in [0.2, 0.25) is 0 Å². The summed E-state index contributed by atoms with van der Waals surface area (Å²) in [5, 5.41) is 0. The average Bonchev–Trinajstić information content (AvgIpc) is 2.13. The first-order chi connectivity index (χ1) is 6.93. The molecule has 0 spiro atoms. The lowest BCUT2D eigenvalue weighted by molar-refractivity contribution is -0.165. The third-order valence-corrected chi connectivity index (χ3v) is 2.49. The van der Waals surface area contributed by atoms with E-state index in [1.165, 1.54) is 12.1 Å². The van der Waals surface area contributed by atoms with E-state index in [-0.39, 0.29) is 12.2 Å². The Labute approximate surface area is 85.0 Å². The van der Waals surface area contributed by atoms with Gasteiger partial charge in [-0.05, 0) is 18.6 Å². The topological polar surface area (TPSA) is 21.3 Å². The van der Waals surface area contributed by atoms with Crippen molar-refractivity contribution >= 4 is 0 Å². The molecule has 0 aliphatic carbocycles. The molecule has 1 fully saturated rings. The smallest absolute Gasteiger partial charge is 0.298 e. The second kappa shape index (κ2) is 3.21. The van der Waals surface area contributed by atoms with Gasteiger partial charge in [0, 0.05) is 0 Å². The molecule has 15 heavy (non-hydrogen) atoms. The van der Waals surface area contributed by atoms with Crippen LogP contribution in [0.1, 0.15) is 18.1 Å². The maximum atomic E-state index is 12.7.